The Morgan fingerprint density at radius 3 is 1.55 bits per heavy atom. The molecular weight excluding hydrogens is 388 g/mol. The van der Waals surface area contributed by atoms with Crippen LogP contribution in [0.1, 0.15) is 70.9 Å². The number of benzene rings is 1. The van der Waals surface area contributed by atoms with E-state index in [2.05, 4.69) is 45.9 Å². The first-order valence-electron chi connectivity index (χ1n) is 11.1. The molecule has 0 saturated carbocycles. The minimum absolute atomic E-state index is 0.571. The van der Waals surface area contributed by atoms with Crippen LogP contribution in [0.2, 0.25) is 0 Å². The fourth-order valence-corrected chi connectivity index (χ4v) is 3.76. The molecule has 0 aliphatic heterocycles. The third-order valence-electron chi connectivity index (χ3n) is 5.51. The van der Waals surface area contributed by atoms with Gasteiger partial charge in [0.1, 0.15) is 0 Å². The molecule has 0 heterocycles. The van der Waals surface area contributed by atoms with Crippen LogP contribution in [-0.2, 0) is 6.42 Å². The number of hydrogen-bond acceptors (Lipinski definition) is 4. The van der Waals surface area contributed by atoms with Crippen LogP contribution in [0.15, 0.2) is 34.9 Å². The molecule has 0 radical (unpaired) electrons. The maximum atomic E-state index is 5.69. The van der Waals surface area contributed by atoms with E-state index in [4.69, 9.17) is 18.9 Å². The molecule has 0 fully saturated rings. The zero-order valence-electron chi connectivity index (χ0n) is 21.1. The van der Waals surface area contributed by atoms with Crippen LogP contribution >= 0.6 is 0 Å². The van der Waals surface area contributed by atoms with Gasteiger partial charge in [0, 0.05) is 11.1 Å². The molecule has 0 aliphatic carbocycles. The van der Waals surface area contributed by atoms with Gasteiger partial charge in [0.2, 0.25) is 11.5 Å². The average molecular weight is 431 g/mol. The van der Waals surface area contributed by atoms with Crippen molar-refractivity contribution < 1.29 is 18.9 Å². The van der Waals surface area contributed by atoms with Crippen molar-refractivity contribution in [3.05, 3.63) is 46.1 Å². The van der Waals surface area contributed by atoms with Gasteiger partial charge in [-0.2, -0.15) is 0 Å². The van der Waals surface area contributed by atoms with E-state index in [0.29, 0.717) is 17.2 Å². The van der Waals surface area contributed by atoms with Crippen LogP contribution in [-0.4, -0.2) is 28.4 Å². The van der Waals surface area contributed by atoms with Crippen molar-refractivity contribution in [3.63, 3.8) is 0 Å². The lowest BCUT2D eigenvalue weighted by Gasteiger charge is -2.21. The molecule has 0 N–H and O–H groups in total. The van der Waals surface area contributed by atoms with Crippen LogP contribution < -0.4 is 18.9 Å². The number of ether oxygens (including phenoxy) is 4. The molecule has 1 rings (SSSR count). The van der Waals surface area contributed by atoms with Gasteiger partial charge in [-0.1, -0.05) is 34.9 Å². The van der Waals surface area contributed by atoms with E-state index in [1.807, 2.05) is 6.92 Å². The minimum Gasteiger partial charge on any atom is -0.492 e. The fraction of sp³-hybridized carbons (Fsp3) is 0.556. The summed E-state index contributed by atoms with van der Waals surface area (Å²) in [5.74, 6) is 2.57. The normalized spacial score (nSPS) is 11.9. The van der Waals surface area contributed by atoms with Gasteiger partial charge in [0.05, 0.1) is 28.4 Å². The summed E-state index contributed by atoms with van der Waals surface area (Å²) in [6.45, 7) is 10.8. The minimum atomic E-state index is 0.571. The molecule has 0 spiro atoms. The van der Waals surface area contributed by atoms with E-state index in [1.165, 1.54) is 16.7 Å². The third kappa shape index (κ3) is 8.01. The Morgan fingerprint density at radius 2 is 1.06 bits per heavy atom. The van der Waals surface area contributed by atoms with Crippen molar-refractivity contribution in [2.24, 2.45) is 0 Å². The van der Waals surface area contributed by atoms with Crippen molar-refractivity contribution in [2.45, 2.75) is 73.1 Å². The predicted octanol–water partition coefficient (Wildman–Crippen LogP) is 7.38. The Kier molecular flexibility index (Phi) is 11.9. The highest BCUT2D eigenvalue weighted by atomic mass is 16.5. The van der Waals surface area contributed by atoms with E-state index in [9.17, 15) is 0 Å². The zero-order valence-corrected chi connectivity index (χ0v) is 21.1. The number of hydrogen-bond donors (Lipinski definition) is 0. The Morgan fingerprint density at radius 1 is 0.613 bits per heavy atom. The lowest BCUT2D eigenvalue weighted by atomic mass is 9.98. The molecule has 0 atom stereocenters. The lowest BCUT2D eigenvalue weighted by Crippen LogP contribution is -2.04. The summed E-state index contributed by atoms with van der Waals surface area (Å²) in [4.78, 5) is 0. The van der Waals surface area contributed by atoms with Crippen LogP contribution in [0.4, 0.5) is 0 Å². The van der Waals surface area contributed by atoms with Gasteiger partial charge in [0.15, 0.2) is 11.5 Å². The van der Waals surface area contributed by atoms with Gasteiger partial charge in [-0.05, 0) is 73.1 Å². The summed E-state index contributed by atoms with van der Waals surface area (Å²) >= 11 is 0. The Hall–Kier alpha value is -2.36. The fourth-order valence-electron chi connectivity index (χ4n) is 3.76. The van der Waals surface area contributed by atoms with E-state index in [-0.39, 0.29) is 0 Å². The van der Waals surface area contributed by atoms with Gasteiger partial charge >= 0.3 is 0 Å². The van der Waals surface area contributed by atoms with Gasteiger partial charge in [0.25, 0.3) is 0 Å². The van der Waals surface area contributed by atoms with E-state index in [1.54, 1.807) is 28.4 Å². The second-order valence-corrected chi connectivity index (χ2v) is 8.24. The molecule has 0 amide bonds. The highest BCUT2D eigenvalue weighted by molar-refractivity contribution is 5.66. The predicted molar refractivity (Wildman–Crippen MR) is 131 cm³/mol. The second-order valence-electron chi connectivity index (χ2n) is 8.24. The van der Waals surface area contributed by atoms with E-state index >= 15 is 0 Å². The maximum absolute atomic E-state index is 5.69. The monoisotopic (exact) mass is 430 g/mol. The molecule has 1 aromatic carbocycles. The van der Waals surface area contributed by atoms with Crippen LogP contribution in [0.25, 0.3) is 0 Å². The first-order chi connectivity index (χ1) is 14.8. The van der Waals surface area contributed by atoms with Crippen molar-refractivity contribution in [2.75, 3.05) is 28.4 Å². The summed E-state index contributed by atoms with van der Waals surface area (Å²) in [6.07, 6.45) is 13.3. The summed E-state index contributed by atoms with van der Waals surface area (Å²) in [6, 6.07) is 0. The molecular formula is C27H42O4. The Balaban J connectivity index is 2.82. The molecule has 174 valence electrons. The van der Waals surface area contributed by atoms with Gasteiger partial charge in [-0.25, -0.2) is 0 Å². The largest absolute Gasteiger partial charge is 0.492 e. The standard InChI is InChI=1S/C27H42O4/c1-19(2)13-10-14-20(3)15-11-16-21(4)17-12-18-23-22(5)24(28-6)26(30-8)27(31-9)25(23)29-7/h13,15,17H,10-12,14,16,18H2,1-9H3/b20-15+,21-17+. The van der Waals surface area contributed by atoms with Gasteiger partial charge < -0.3 is 18.9 Å². The van der Waals surface area contributed by atoms with Crippen molar-refractivity contribution in [1.82, 2.24) is 0 Å². The summed E-state index contributed by atoms with van der Waals surface area (Å²) in [7, 11) is 6.56. The summed E-state index contributed by atoms with van der Waals surface area (Å²) < 4.78 is 22.4. The molecule has 0 aliphatic rings. The van der Waals surface area contributed by atoms with Crippen molar-refractivity contribution in [1.29, 1.82) is 0 Å². The smallest absolute Gasteiger partial charge is 0.207 e. The summed E-state index contributed by atoms with van der Waals surface area (Å²) in [5.41, 5.74) is 6.40. The second kappa shape index (κ2) is 13.8. The summed E-state index contributed by atoms with van der Waals surface area (Å²) in [5, 5.41) is 0. The molecule has 0 bridgehead atoms. The molecule has 0 saturated heterocycles. The van der Waals surface area contributed by atoms with E-state index in [0.717, 1.165) is 55.4 Å². The third-order valence-corrected chi connectivity index (χ3v) is 5.51. The van der Waals surface area contributed by atoms with Gasteiger partial charge in [-0.15, -0.1) is 0 Å². The van der Waals surface area contributed by atoms with Crippen LogP contribution in [0.5, 0.6) is 23.0 Å². The van der Waals surface area contributed by atoms with Gasteiger partial charge in [-0.3, -0.25) is 0 Å². The highest BCUT2D eigenvalue weighted by Gasteiger charge is 2.24. The molecule has 4 heteroatoms. The molecule has 0 unspecified atom stereocenters. The van der Waals surface area contributed by atoms with Crippen molar-refractivity contribution >= 4 is 0 Å². The Bertz CT molecular complexity index is 796. The topological polar surface area (TPSA) is 36.9 Å². The number of methoxy groups -OCH3 is 4. The number of rotatable bonds is 13. The van der Waals surface area contributed by atoms with Crippen molar-refractivity contribution in [3.8, 4) is 23.0 Å². The van der Waals surface area contributed by atoms with E-state index < -0.39 is 0 Å². The molecule has 31 heavy (non-hydrogen) atoms. The highest BCUT2D eigenvalue weighted by Crippen LogP contribution is 2.49. The quantitative estimate of drug-likeness (QED) is 0.306. The Labute approximate surface area is 189 Å². The zero-order chi connectivity index (χ0) is 23.4. The van der Waals surface area contributed by atoms with Crippen LogP contribution in [0.3, 0.4) is 0 Å². The van der Waals surface area contributed by atoms with Crippen LogP contribution in [0, 0.1) is 6.92 Å². The molecule has 0 aromatic heterocycles. The lowest BCUT2D eigenvalue weighted by molar-refractivity contribution is 0.302. The number of allylic oxidation sites excluding steroid dienone is 6. The average Bonchev–Trinajstić information content (AvgIpc) is 2.73. The maximum Gasteiger partial charge on any atom is 0.207 e. The SMILES string of the molecule is COc1c(C)c(CC/C=C(\C)CC/C=C(\C)CCC=C(C)C)c(OC)c(OC)c1OC. The molecule has 1 aromatic rings. The first kappa shape index (κ1) is 26.7. The molecule has 4 nitrogen and oxygen atoms in total. The first-order valence-corrected chi connectivity index (χ1v) is 11.1.